The van der Waals surface area contributed by atoms with Gasteiger partial charge in [-0.1, -0.05) is 84.9 Å². The van der Waals surface area contributed by atoms with Gasteiger partial charge in [0, 0.05) is 5.56 Å². The number of aromatic hydroxyl groups is 1. The van der Waals surface area contributed by atoms with Crippen molar-refractivity contribution in [3.8, 4) is 5.75 Å². The van der Waals surface area contributed by atoms with Crippen LogP contribution >= 0.6 is 0 Å². The van der Waals surface area contributed by atoms with Crippen molar-refractivity contribution in [1.29, 1.82) is 0 Å². The number of rotatable bonds is 3. The summed E-state index contributed by atoms with van der Waals surface area (Å²) < 4.78 is 0. The van der Waals surface area contributed by atoms with E-state index in [1.54, 1.807) is 18.2 Å². The molecule has 0 fully saturated rings. The Morgan fingerprint density at radius 3 is 1.96 bits per heavy atom. The monoisotopic (exact) mass is 340 g/mol. The molecule has 2 nitrogen and oxygen atoms in total. The van der Waals surface area contributed by atoms with Gasteiger partial charge in [-0.3, -0.25) is 0 Å². The second-order valence-corrected chi connectivity index (χ2v) is 6.58. The maximum atomic E-state index is 11.0. The molecule has 3 aromatic rings. The molecule has 0 amide bonds. The number of hydrogen-bond acceptors (Lipinski definition) is 2. The molecule has 3 aromatic carbocycles. The highest BCUT2D eigenvalue weighted by molar-refractivity contribution is 5.73. The number of aliphatic hydroxyl groups is 1. The summed E-state index contributed by atoms with van der Waals surface area (Å²) in [6.45, 7) is 0. The molecule has 0 saturated carbocycles. The Hall–Kier alpha value is -3.26. The van der Waals surface area contributed by atoms with Crippen molar-refractivity contribution in [3.05, 3.63) is 120 Å². The van der Waals surface area contributed by atoms with E-state index >= 15 is 0 Å². The first-order valence-electron chi connectivity index (χ1n) is 8.71. The number of allylic oxidation sites excluding steroid dienone is 4. The minimum atomic E-state index is -0.813. The summed E-state index contributed by atoms with van der Waals surface area (Å²) in [6, 6.07) is 27.3. The highest BCUT2D eigenvalue weighted by Gasteiger charge is 2.42. The lowest BCUT2D eigenvalue weighted by Crippen LogP contribution is -2.32. The highest BCUT2D eigenvalue weighted by atomic mass is 16.3. The van der Waals surface area contributed by atoms with E-state index in [0.29, 0.717) is 12.0 Å². The summed E-state index contributed by atoms with van der Waals surface area (Å²) in [4.78, 5) is 0. The van der Waals surface area contributed by atoms with E-state index in [1.165, 1.54) is 0 Å². The van der Waals surface area contributed by atoms with Crippen LogP contribution in [0, 0.1) is 0 Å². The van der Waals surface area contributed by atoms with Gasteiger partial charge >= 0.3 is 0 Å². The van der Waals surface area contributed by atoms with Crippen molar-refractivity contribution >= 4 is 5.57 Å². The predicted molar refractivity (Wildman–Crippen MR) is 105 cm³/mol. The van der Waals surface area contributed by atoms with Crippen LogP contribution in [-0.2, 0) is 5.41 Å². The van der Waals surface area contributed by atoms with Gasteiger partial charge in [0.1, 0.15) is 11.5 Å². The Morgan fingerprint density at radius 1 is 0.654 bits per heavy atom. The van der Waals surface area contributed by atoms with Crippen molar-refractivity contribution in [3.63, 3.8) is 0 Å². The molecule has 0 radical (unpaired) electrons. The minimum absolute atomic E-state index is 0.186. The fourth-order valence-electron chi connectivity index (χ4n) is 3.80. The van der Waals surface area contributed by atoms with Crippen molar-refractivity contribution in [1.82, 2.24) is 0 Å². The predicted octanol–water partition coefficient (Wildman–Crippen LogP) is 5.61. The molecule has 0 aromatic heterocycles. The Kier molecular flexibility index (Phi) is 4.10. The van der Waals surface area contributed by atoms with Crippen molar-refractivity contribution in [2.75, 3.05) is 0 Å². The highest BCUT2D eigenvalue weighted by Crippen LogP contribution is 2.49. The lowest BCUT2D eigenvalue weighted by molar-refractivity contribution is 0.315. The fraction of sp³-hybridized carbons (Fsp3) is 0.0833. The van der Waals surface area contributed by atoms with Crippen molar-refractivity contribution < 1.29 is 10.2 Å². The van der Waals surface area contributed by atoms with Gasteiger partial charge in [-0.25, -0.2) is 0 Å². The molecule has 26 heavy (non-hydrogen) atoms. The molecule has 0 spiro atoms. The second kappa shape index (κ2) is 6.57. The van der Waals surface area contributed by atoms with Gasteiger partial charge in [0.2, 0.25) is 0 Å². The third kappa shape index (κ3) is 2.60. The van der Waals surface area contributed by atoms with E-state index in [-0.39, 0.29) is 11.5 Å². The second-order valence-electron chi connectivity index (χ2n) is 6.58. The van der Waals surface area contributed by atoms with E-state index in [1.807, 2.05) is 66.7 Å². The summed E-state index contributed by atoms with van der Waals surface area (Å²) >= 11 is 0. The van der Waals surface area contributed by atoms with Gasteiger partial charge in [0.05, 0.1) is 5.41 Å². The average molecular weight is 340 g/mol. The van der Waals surface area contributed by atoms with Gasteiger partial charge in [-0.2, -0.15) is 0 Å². The number of phenols is 1. The largest absolute Gasteiger partial charge is 0.511 e. The van der Waals surface area contributed by atoms with Crippen molar-refractivity contribution in [2.45, 2.75) is 11.8 Å². The molecule has 0 saturated heterocycles. The fourth-order valence-corrected chi connectivity index (χ4v) is 3.80. The zero-order chi connectivity index (χ0) is 18.0. The number of aliphatic hydroxyl groups excluding tert-OH is 1. The smallest absolute Gasteiger partial charge is 0.120 e. The number of hydrogen-bond donors (Lipinski definition) is 2. The van der Waals surface area contributed by atoms with Crippen LogP contribution in [0.4, 0.5) is 0 Å². The SMILES string of the molecule is OC1=CC=C(c2ccccc2)CC1(c1ccccc1)c1ccccc1O. The van der Waals surface area contributed by atoms with E-state index in [9.17, 15) is 10.2 Å². The number of phenolic OH excluding ortho intramolecular Hbond substituents is 1. The zero-order valence-electron chi connectivity index (χ0n) is 14.3. The number of benzene rings is 3. The first kappa shape index (κ1) is 16.2. The molecule has 0 heterocycles. The third-order valence-electron chi connectivity index (χ3n) is 5.11. The van der Waals surface area contributed by atoms with Crippen LogP contribution in [-0.4, -0.2) is 10.2 Å². The lowest BCUT2D eigenvalue weighted by Gasteiger charge is -2.37. The van der Waals surface area contributed by atoms with Gasteiger partial charge in [-0.05, 0) is 35.3 Å². The van der Waals surface area contributed by atoms with Crippen LogP contribution in [0.1, 0.15) is 23.1 Å². The number of para-hydroxylation sites is 1. The van der Waals surface area contributed by atoms with Crippen LogP contribution in [0.15, 0.2) is 103 Å². The molecular formula is C24H20O2. The third-order valence-corrected chi connectivity index (χ3v) is 5.11. The molecule has 4 rings (SSSR count). The molecule has 128 valence electrons. The Bertz CT molecular complexity index is 971. The summed E-state index contributed by atoms with van der Waals surface area (Å²) in [6.07, 6.45) is 4.29. The molecule has 2 heteroatoms. The van der Waals surface area contributed by atoms with Crippen LogP contribution in [0.2, 0.25) is 0 Å². The molecule has 0 bridgehead atoms. The Labute approximate surface area is 153 Å². The van der Waals surface area contributed by atoms with E-state index in [0.717, 1.165) is 16.7 Å². The summed E-state index contributed by atoms with van der Waals surface area (Å²) in [7, 11) is 0. The van der Waals surface area contributed by atoms with Crippen LogP contribution in [0.3, 0.4) is 0 Å². The van der Waals surface area contributed by atoms with Gasteiger partial charge < -0.3 is 10.2 Å². The van der Waals surface area contributed by atoms with Crippen LogP contribution < -0.4 is 0 Å². The minimum Gasteiger partial charge on any atom is -0.511 e. The lowest BCUT2D eigenvalue weighted by atomic mass is 9.66. The van der Waals surface area contributed by atoms with E-state index in [2.05, 4.69) is 12.1 Å². The maximum absolute atomic E-state index is 11.0. The van der Waals surface area contributed by atoms with Gasteiger partial charge in [0.15, 0.2) is 0 Å². The van der Waals surface area contributed by atoms with Gasteiger partial charge in [0.25, 0.3) is 0 Å². The van der Waals surface area contributed by atoms with E-state index < -0.39 is 5.41 Å². The van der Waals surface area contributed by atoms with Crippen LogP contribution in [0.25, 0.3) is 5.57 Å². The summed E-state index contributed by atoms with van der Waals surface area (Å²) in [5.74, 6) is 0.426. The first-order valence-corrected chi connectivity index (χ1v) is 8.71. The summed E-state index contributed by atoms with van der Waals surface area (Å²) in [5.41, 5.74) is 3.09. The van der Waals surface area contributed by atoms with Gasteiger partial charge in [-0.15, -0.1) is 0 Å². The Balaban J connectivity index is 1.94. The zero-order valence-corrected chi connectivity index (χ0v) is 14.3. The van der Waals surface area contributed by atoms with Crippen molar-refractivity contribution in [2.24, 2.45) is 0 Å². The molecule has 2 N–H and O–H groups in total. The Morgan fingerprint density at radius 2 is 1.27 bits per heavy atom. The summed E-state index contributed by atoms with van der Waals surface area (Å²) in [5, 5.41) is 21.6. The average Bonchev–Trinajstić information content (AvgIpc) is 2.70. The molecular weight excluding hydrogens is 320 g/mol. The molecule has 1 aliphatic rings. The normalized spacial score (nSPS) is 19.5. The molecule has 1 atom stereocenters. The topological polar surface area (TPSA) is 40.5 Å². The maximum Gasteiger partial charge on any atom is 0.120 e. The quantitative estimate of drug-likeness (QED) is 0.651. The first-order chi connectivity index (χ1) is 12.7. The molecule has 1 aliphatic carbocycles. The molecule has 1 unspecified atom stereocenters. The standard InChI is InChI=1S/C24H20O2/c25-22-14-8-7-13-21(22)24(20-11-5-2-6-12-20)17-19(15-16-23(24)26)18-9-3-1-4-10-18/h1-16,25-26H,17H2. The van der Waals surface area contributed by atoms with Crippen LogP contribution in [0.5, 0.6) is 5.75 Å². The molecule has 0 aliphatic heterocycles. The van der Waals surface area contributed by atoms with E-state index in [4.69, 9.17) is 0 Å².